The number of phenols is 4. The number of carbonyl (C=O) groups is 5. The van der Waals surface area contributed by atoms with Crippen LogP contribution in [0.15, 0.2) is 159 Å². The number of imidazole rings is 3. The topological polar surface area (TPSA) is 391 Å². The number of alkyl halides is 3. The van der Waals surface area contributed by atoms with E-state index in [0.717, 1.165) is 49.0 Å². The van der Waals surface area contributed by atoms with Crippen LogP contribution in [-0.2, 0) is 37.0 Å². The molecule has 11 aromatic rings. The molecule has 10 N–H and O–H groups in total. The summed E-state index contributed by atoms with van der Waals surface area (Å²) in [6.07, 6.45) is 3.94. The molecule has 0 aliphatic heterocycles. The summed E-state index contributed by atoms with van der Waals surface area (Å²) >= 11 is 5.49. The van der Waals surface area contributed by atoms with Crippen LogP contribution in [0.3, 0.4) is 0 Å². The summed E-state index contributed by atoms with van der Waals surface area (Å²) in [6, 6.07) is 27.0. The molecule has 0 bridgehead atoms. The Morgan fingerprint density at radius 3 is 1.15 bits per heavy atom. The summed E-state index contributed by atoms with van der Waals surface area (Å²) in [5.74, 6) is -4.91. The molecule has 0 fully saturated rings. The van der Waals surface area contributed by atoms with E-state index >= 15 is 0 Å². The molecule has 43 heteroatoms. The van der Waals surface area contributed by atoms with E-state index in [1.807, 2.05) is 6.20 Å². The van der Waals surface area contributed by atoms with Crippen molar-refractivity contribution >= 4 is 128 Å². The largest absolute Gasteiger partial charge is 0.507 e. The molecule has 0 unspecified atom stereocenters. The highest BCUT2D eigenvalue weighted by Crippen LogP contribution is 2.48. The lowest BCUT2D eigenvalue weighted by molar-refractivity contribution is -0.156. The van der Waals surface area contributed by atoms with E-state index in [9.17, 15) is 75.4 Å². The predicted molar refractivity (Wildman–Crippen MR) is 491 cm³/mol. The highest BCUT2D eigenvalue weighted by atomic mass is 36.0. The Morgan fingerprint density at radius 2 is 0.854 bits per heavy atom. The Hall–Kier alpha value is -13.8. The Bertz CT molecular complexity index is 5790. The molecule has 0 aliphatic carbocycles. The number of nitrogens with one attached hydrogen (secondary N) is 3. The lowest BCUT2D eigenvalue weighted by Crippen LogP contribution is -2.22. The number of nitrogens with two attached hydrogens (primary N) is 1. The van der Waals surface area contributed by atoms with E-state index in [-0.39, 0.29) is 158 Å². The number of amides is 2. The van der Waals surface area contributed by atoms with Crippen molar-refractivity contribution in [3.05, 3.63) is 250 Å². The maximum absolute atomic E-state index is 14.1. The number of aromatic carboxylic acids is 1. The van der Waals surface area contributed by atoms with Gasteiger partial charge in [0.25, 0.3) is 17.1 Å². The Kier molecular flexibility index (Phi) is 45.6. The van der Waals surface area contributed by atoms with Gasteiger partial charge in [-0.2, -0.15) is 13.2 Å². The number of nitrogen functional groups attached to an aromatic ring is 1. The molecular weight excluding hydrogens is 1830 g/mol. The first-order valence-electron chi connectivity index (χ1n) is 37.4. The fourth-order valence-corrected chi connectivity index (χ4v) is 12.6. The number of carboxylic acid groups (broad SMARTS) is 1. The van der Waals surface area contributed by atoms with Crippen molar-refractivity contribution in [3.8, 4) is 90.5 Å². The Morgan fingerprint density at radius 1 is 0.546 bits per heavy atom. The first-order valence-corrected chi connectivity index (χ1v) is 47.3. The molecule has 0 atom stereocenters. The minimum Gasteiger partial charge on any atom is -0.507 e. The summed E-state index contributed by atoms with van der Waals surface area (Å²) in [5.41, 5.74) is 5.38. The lowest BCUT2D eigenvalue weighted by Gasteiger charge is -2.17. The highest BCUT2D eigenvalue weighted by molar-refractivity contribution is 8.26. The van der Waals surface area contributed by atoms with E-state index in [1.54, 1.807) is 28.5 Å². The summed E-state index contributed by atoms with van der Waals surface area (Å²) in [7, 11) is 10.7. The van der Waals surface area contributed by atoms with Crippen molar-refractivity contribution in [2.24, 2.45) is 0 Å². The van der Waals surface area contributed by atoms with Gasteiger partial charge in [0.15, 0.2) is 22.7 Å². The smallest absolute Gasteiger partial charge is 0.446 e. The number of aromatic hydroxyl groups is 4. The number of rotatable bonds is 24. The molecule has 130 heavy (non-hydrogen) atoms. The fraction of sp³-hybridized carbons (Fsp3) is 0.241. The number of aromatic amines is 1. The van der Waals surface area contributed by atoms with Crippen LogP contribution in [0.25, 0.3) is 63.9 Å². The van der Waals surface area contributed by atoms with E-state index in [2.05, 4.69) is 111 Å². The van der Waals surface area contributed by atoms with Crippen molar-refractivity contribution in [2.45, 2.75) is 99.7 Å². The molecule has 0 radical (unpaired) electrons. The third kappa shape index (κ3) is 33.8. The van der Waals surface area contributed by atoms with E-state index in [4.69, 9.17) is 82.4 Å². The van der Waals surface area contributed by atoms with Crippen molar-refractivity contribution in [2.75, 3.05) is 58.0 Å². The fourth-order valence-electron chi connectivity index (χ4n) is 10.9. The normalized spacial score (nSPS) is 10.4. The van der Waals surface area contributed by atoms with Gasteiger partial charge in [0, 0.05) is 134 Å². The molecule has 0 saturated carbocycles. The second kappa shape index (κ2) is 53.7. The van der Waals surface area contributed by atoms with Gasteiger partial charge in [-0.05, 0) is 121 Å². The van der Waals surface area contributed by atoms with Crippen molar-refractivity contribution in [3.63, 3.8) is 0 Å². The number of carbonyl (C=O) groups excluding carboxylic acids is 4. The number of phenolic OH excluding ortho intramolecular Hbond substituents is 3. The second-order valence-corrected chi connectivity index (χ2v) is 41.8. The molecule has 30 nitrogen and oxygen atoms in total. The molecule has 0 saturated heterocycles. The molecule has 11 rings (SSSR count). The van der Waals surface area contributed by atoms with Gasteiger partial charge < -0.3 is 64.7 Å². The highest BCUT2D eigenvalue weighted by Gasteiger charge is 2.30. The first-order chi connectivity index (χ1) is 60.9. The number of carboxylic acids is 1. The minimum atomic E-state index is -4.64. The van der Waals surface area contributed by atoms with Crippen LogP contribution in [0.4, 0.5) is 71.3 Å². The average molecular weight is 1920 g/mol. The molecule has 8 aromatic carbocycles. The summed E-state index contributed by atoms with van der Waals surface area (Å²) in [6.45, 7) is 47.4. The average Bonchev–Trinajstić information content (AvgIpc) is 1.59. The standard InChI is InChI=1S/C24H27FN4O4Si.C18H13FN4O3.C15H9ClFNO3.C15H10FNO4.C9H19N3OSi.C2HF3O.C2H6.2CH4.Cl2OS/c1-26-18-7-8-19(30)22(21(18)17-14-16(25)6-9-20(17)32-2)23(31)28-24-27-10-11-29(24)15-33-12-13-34(3,4)5;1-20-12-4-5-13(24)16(17(25)23-18-21-7-8-22-18)15(12)11-9-10(19)3-6-14(11)26-2;1-18-10-4-5-11(19)14(15(16)20)13(10)9-7-8(17)3-6-12(9)21-2;1-17-10-4-5-11(18)14(15(19)20)13(10)9-7-8(16)3-6-12(9)21-2;1-14(2,3)7-6-13-8-12-5-4-11-9(12)10;3-2(4,5)1-6;1-2;;;1-4(2)3/h6-11,14,30H,12-13,15H2,2-5H3,(H,27,28,31);3-9,24H,2H3,(H2,21,22,23,25);3-7,19H,2H3;3-7,18H,2H3,(H,19,20);4-5H,6-8H2,1-3H3,(H2,10,11);1H;1-2H3;2*1H4;/i;;;;;;1D;;;. The molecule has 2 amide bonds. The van der Waals surface area contributed by atoms with Crippen LogP contribution >= 0.6 is 33.0 Å². The van der Waals surface area contributed by atoms with Crippen molar-refractivity contribution in [1.29, 1.82) is 0 Å². The van der Waals surface area contributed by atoms with Crippen LogP contribution < -0.4 is 35.3 Å². The summed E-state index contributed by atoms with van der Waals surface area (Å²) in [5, 5.41) is 53.9. The zero-order valence-corrected chi connectivity index (χ0v) is 75.0. The van der Waals surface area contributed by atoms with Gasteiger partial charge in [-0.25, -0.2) is 60.9 Å². The van der Waals surface area contributed by atoms with Gasteiger partial charge in [0.2, 0.25) is 33.4 Å². The number of benzene rings is 8. The van der Waals surface area contributed by atoms with Gasteiger partial charge >= 0.3 is 12.1 Å². The number of halogens is 10. The number of ether oxygens (including phenoxy) is 6. The van der Waals surface area contributed by atoms with E-state index in [1.165, 1.54) is 138 Å². The van der Waals surface area contributed by atoms with Gasteiger partial charge in [-0.1, -0.05) is 92.2 Å². The van der Waals surface area contributed by atoms with Crippen molar-refractivity contribution in [1.82, 2.24) is 29.1 Å². The number of aldehydes is 1. The van der Waals surface area contributed by atoms with Gasteiger partial charge in [0.05, 0.1) is 77.0 Å². The van der Waals surface area contributed by atoms with E-state index < -0.39 is 95.4 Å². The first kappa shape index (κ1) is 110. The molecule has 0 spiro atoms. The molecule has 3 aromatic heterocycles. The summed E-state index contributed by atoms with van der Waals surface area (Å²) < 4.78 is 137. The number of aromatic nitrogens is 6. The molecule has 0 aliphatic rings. The van der Waals surface area contributed by atoms with E-state index in [0.29, 0.717) is 26.2 Å². The van der Waals surface area contributed by atoms with Crippen LogP contribution in [0.2, 0.25) is 51.4 Å². The zero-order valence-electron chi connectivity index (χ0n) is 71.0. The lowest BCUT2D eigenvalue weighted by atomic mass is 9.95. The third-order valence-corrected chi connectivity index (χ3v) is 20.3. The second-order valence-electron chi connectivity index (χ2n) is 27.7. The predicted octanol–water partition coefficient (Wildman–Crippen LogP) is 22.7. The number of hydrogen-bond acceptors (Lipinski definition) is 20. The molecule has 692 valence electrons. The molecule has 3 heterocycles. The van der Waals surface area contributed by atoms with Crippen LogP contribution in [0.5, 0.6) is 46.0 Å². The quantitative estimate of drug-likeness (QED) is 0.00677. The van der Waals surface area contributed by atoms with Crippen molar-refractivity contribution < 1.29 is 114 Å². The van der Waals surface area contributed by atoms with Gasteiger partial charge in [-0.15, -0.1) is 0 Å². The SMILES string of the molecule is C.C.C[Si](C)(C)CCOCn1ccnc1N.O=CC(F)(F)F.O=S(Cl)Cl.[2H]CC.[C-]#[N+]c1ccc(O)c(C(=O)Cl)c1-c1cc(F)ccc1OC.[C-]#[N+]c1ccc(O)c(C(=O)Nc2ncc[nH]2)c1-c1cc(F)ccc1OC.[C-]#[N+]c1ccc(O)c(C(=O)Nc2nccn2COCC[Si](C)(C)C)c1-c1cc(F)ccc1OC.[C-]#[N+]c1ccc(O)c(C(=O)O)c1-c1cc(F)ccc1OC. The maximum atomic E-state index is 14.1. The summed E-state index contributed by atoms with van der Waals surface area (Å²) in [4.78, 5) is 85.7. The number of methoxy groups -OCH3 is 4. The Labute approximate surface area is 765 Å². The van der Waals surface area contributed by atoms with Crippen LogP contribution in [0, 0.1) is 49.6 Å². The molecular formula is C87H93Cl3F7N13O17SSi2. The number of H-pyrrole nitrogens is 1. The van der Waals surface area contributed by atoms with Gasteiger partial charge in [-0.3, -0.25) is 38.9 Å². The Balaban J connectivity index is 0.000000544. The number of nitrogens with zero attached hydrogens (tertiary/aromatic N) is 9. The zero-order chi connectivity index (χ0) is 96.8. The number of hydrogen-bond donors (Lipinski definition) is 9. The van der Waals surface area contributed by atoms with Crippen LogP contribution in [-0.4, -0.2) is 152 Å². The van der Waals surface area contributed by atoms with Gasteiger partial charge in [0.1, 0.15) is 82.7 Å². The monoisotopic (exact) mass is 1920 g/mol. The van der Waals surface area contributed by atoms with Crippen LogP contribution in [0.1, 0.15) is 71.5 Å². The maximum Gasteiger partial charge on any atom is 0.446 e. The minimum absolute atomic E-state index is 0. The number of anilines is 3. The third-order valence-electron chi connectivity index (χ3n) is 16.7.